The van der Waals surface area contributed by atoms with E-state index >= 15 is 0 Å². The fourth-order valence-corrected chi connectivity index (χ4v) is 5.30. The van der Waals surface area contributed by atoms with Gasteiger partial charge in [-0.2, -0.15) is 0 Å². The molecule has 0 saturated carbocycles. The van der Waals surface area contributed by atoms with Crippen LogP contribution in [0.4, 0.5) is 0 Å². The fourth-order valence-electron chi connectivity index (χ4n) is 4.62. The van der Waals surface area contributed by atoms with Gasteiger partial charge in [0.1, 0.15) is 5.92 Å². The van der Waals surface area contributed by atoms with Gasteiger partial charge in [-0.3, -0.25) is 19.4 Å². The minimum Gasteiger partial charge on any atom is -0.353 e. The van der Waals surface area contributed by atoms with E-state index < -0.39 is 0 Å². The third kappa shape index (κ3) is 6.71. The van der Waals surface area contributed by atoms with Crippen molar-refractivity contribution in [2.75, 3.05) is 19.6 Å². The van der Waals surface area contributed by atoms with Crippen LogP contribution in [0, 0.1) is 5.92 Å². The maximum atomic E-state index is 12.8. The first-order chi connectivity index (χ1) is 16.5. The molecule has 1 aromatic rings. The van der Waals surface area contributed by atoms with Gasteiger partial charge in [-0.05, 0) is 55.6 Å². The summed E-state index contributed by atoms with van der Waals surface area (Å²) in [5, 5.41) is 3.54. The lowest BCUT2D eigenvalue weighted by atomic mass is 9.95. The van der Waals surface area contributed by atoms with Gasteiger partial charge in [-0.1, -0.05) is 58.8 Å². The monoisotopic (exact) mass is 542 g/mol. The zero-order chi connectivity index (χ0) is 23.9. The Bertz CT molecular complexity index is 999. The van der Waals surface area contributed by atoms with Crippen LogP contribution in [0.15, 0.2) is 58.0 Å². The molecule has 1 atom stereocenters. The molecule has 1 aliphatic carbocycles. The summed E-state index contributed by atoms with van der Waals surface area (Å²) in [6.07, 6.45) is 10.6. The smallest absolute Gasteiger partial charge is 0.241 e. The van der Waals surface area contributed by atoms with E-state index in [0.717, 1.165) is 56.2 Å². The second-order valence-corrected chi connectivity index (χ2v) is 10.4. The fraction of sp³-hybridized carbons (Fsp3) is 0.462. The van der Waals surface area contributed by atoms with Gasteiger partial charge in [-0.15, -0.1) is 0 Å². The number of nitrogens with zero attached hydrogens (tertiary/aromatic N) is 3. The molecule has 1 unspecified atom stereocenters. The summed E-state index contributed by atoms with van der Waals surface area (Å²) in [4.78, 5) is 33.7. The highest BCUT2D eigenvalue weighted by molar-refractivity contribution is 9.11. The first-order valence-electron chi connectivity index (χ1n) is 12.0. The Morgan fingerprint density at radius 3 is 2.65 bits per heavy atom. The highest BCUT2D eigenvalue weighted by Crippen LogP contribution is 2.25. The molecule has 0 aromatic heterocycles. The number of nitrogens with one attached hydrogen (secondary N) is 1. The number of allylic oxidation sites excluding steroid dienone is 3. The number of halogens is 1. The minimum atomic E-state index is -0.365. The van der Waals surface area contributed by atoms with Crippen molar-refractivity contribution in [3.05, 3.63) is 58.6 Å². The number of hydrogen-bond donors (Lipinski definition) is 1. The van der Waals surface area contributed by atoms with Crippen LogP contribution in [0.5, 0.6) is 0 Å². The number of fused-ring (bicyclic) bond motifs is 1. The number of hydrogen-bond acceptors (Lipinski definition) is 4. The zero-order valence-electron chi connectivity index (χ0n) is 19.3. The van der Waals surface area contributed by atoms with E-state index in [1.54, 1.807) is 4.90 Å². The summed E-state index contributed by atoms with van der Waals surface area (Å²) >= 11 is 8.77. The molecular formula is C26H31BrN4O2S. The second kappa shape index (κ2) is 12.0. The molecule has 0 spiro atoms. The highest BCUT2D eigenvalue weighted by atomic mass is 79.9. The molecule has 6 nitrogen and oxygen atoms in total. The molecule has 180 valence electrons. The normalized spacial score (nSPS) is 21.2. The Labute approximate surface area is 215 Å². The number of carbonyl (C=O) groups excluding carboxylic acids is 2. The molecule has 2 aliphatic heterocycles. The molecule has 1 N–H and O–H groups in total. The Balaban J connectivity index is 1.11. The van der Waals surface area contributed by atoms with Crippen LogP contribution in [0.2, 0.25) is 0 Å². The van der Waals surface area contributed by atoms with Crippen LogP contribution < -0.4 is 5.32 Å². The third-order valence-electron chi connectivity index (χ3n) is 6.53. The lowest BCUT2D eigenvalue weighted by Gasteiger charge is -2.32. The van der Waals surface area contributed by atoms with Gasteiger partial charge in [0.05, 0.1) is 5.71 Å². The highest BCUT2D eigenvalue weighted by Gasteiger charge is 2.34. The first-order valence-corrected chi connectivity index (χ1v) is 13.2. The van der Waals surface area contributed by atoms with E-state index in [9.17, 15) is 9.59 Å². The molecule has 1 saturated heterocycles. The molecule has 34 heavy (non-hydrogen) atoms. The number of benzene rings is 1. The van der Waals surface area contributed by atoms with Crippen molar-refractivity contribution in [2.45, 2.75) is 51.1 Å². The number of rotatable bonds is 9. The summed E-state index contributed by atoms with van der Waals surface area (Å²) in [6, 6.07) is 10.8. The molecule has 4 rings (SSSR count). The van der Waals surface area contributed by atoms with Crippen LogP contribution in [-0.2, 0) is 16.1 Å². The van der Waals surface area contributed by atoms with Crippen LogP contribution >= 0.6 is 28.1 Å². The van der Waals surface area contributed by atoms with E-state index in [1.165, 1.54) is 5.56 Å². The number of amides is 2. The molecular weight excluding hydrogens is 512 g/mol. The Kier molecular flexibility index (Phi) is 8.80. The molecule has 1 fully saturated rings. The van der Waals surface area contributed by atoms with Crippen molar-refractivity contribution in [2.24, 2.45) is 10.9 Å². The van der Waals surface area contributed by atoms with Crippen molar-refractivity contribution >= 4 is 50.8 Å². The zero-order valence-corrected chi connectivity index (χ0v) is 21.7. The predicted molar refractivity (Wildman–Crippen MR) is 143 cm³/mol. The number of carbonyl (C=O) groups is 2. The van der Waals surface area contributed by atoms with Gasteiger partial charge < -0.3 is 5.32 Å². The number of thiocarbonyl (C=S) groups is 1. The van der Waals surface area contributed by atoms with Gasteiger partial charge in [0, 0.05) is 43.1 Å². The van der Waals surface area contributed by atoms with Crippen molar-refractivity contribution < 1.29 is 9.59 Å². The Morgan fingerprint density at radius 1 is 1.12 bits per heavy atom. The van der Waals surface area contributed by atoms with Crippen molar-refractivity contribution in [1.29, 1.82) is 0 Å². The number of aliphatic imine (C=N–C) groups is 1. The summed E-state index contributed by atoms with van der Waals surface area (Å²) in [5.41, 5.74) is 2.04. The number of unbranched alkanes of at least 4 members (excludes halogenated alkanes) is 2. The number of likely N-dealkylation sites (tertiary alicyclic amines) is 1. The van der Waals surface area contributed by atoms with E-state index in [-0.39, 0.29) is 23.8 Å². The van der Waals surface area contributed by atoms with Crippen LogP contribution in [0.1, 0.15) is 44.1 Å². The standard InChI is InChI=1S/C26H31BrN4O2S/c27-20-10-11-23-22(17-20)25(33)31(26(34)29-23)14-6-2-5-9-24(32)28-21-12-15-30(16-13-21)18-19-7-3-1-4-8-19/h1,3-4,7-8,10-11,17,21-22H,2,5-6,9,12-16,18H2,(H,28,32). The van der Waals surface area contributed by atoms with E-state index in [0.29, 0.717) is 23.8 Å². The topological polar surface area (TPSA) is 65.0 Å². The largest absolute Gasteiger partial charge is 0.353 e. The van der Waals surface area contributed by atoms with E-state index in [1.807, 2.05) is 24.3 Å². The number of piperidine rings is 1. The Hall–Kier alpha value is -2.16. The molecule has 1 aromatic carbocycles. The lowest BCUT2D eigenvalue weighted by molar-refractivity contribution is -0.128. The summed E-state index contributed by atoms with van der Waals surface area (Å²) in [5.74, 6) is -0.257. The second-order valence-electron chi connectivity index (χ2n) is 9.09. The SMILES string of the molecule is O=C(CCCCCN1C(=O)C2C=C(Br)C=CC2=NC1=S)NC1CCN(Cc2ccccc2)CC1. The molecule has 0 radical (unpaired) electrons. The lowest BCUT2D eigenvalue weighted by Crippen LogP contribution is -2.46. The van der Waals surface area contributed by atoms with Gasteiger partial charge in [0.15, 0.2) is 0 Å². The van der Waals surface area contributed by atoms with Gasteiger partial charge >= 0.3 is 0 Å². The van der Waals surface area contributed by atoms with Crippen molar-refractivity contribution in [3.8, 4) is 0 Å². The van der Waals surface area contributed by atoms with Gasteiger partial charge in [0.25, 0.3) is 0 Å². The van der Waals surface area contributed by atoms with Crippen molar-refractivity contribution in [1.82, 2.24) is 15.1 Å². The minimum absolute atomic E-state index is 0.0207. The summed E-state index contributed by atoms with van der Waals surface area (Å²) in [6.45, 7) is 3.54. The van der Waals surface area contributed by atoms with Gasteiger partial charge in [0.2, 0.25) is 16.9 Å². The van der Waals surface area contributed by atoms with E-state index in [4.69, 9.17) is 12.2 Å². The molecule has 2 amide bonds. The summed E-state index contributed by atoms with van der Waals surface area (Å²) < 4.78 is 0.880. The van der Waals surface area contributed by atoms with E-state index in [2.05, 4.69) is 55.4 Å². The maximum Gasteiger partial charge on any atom is 0.241 e. The summed E-state index contributed by atoms with van der Waals surface area (Å²) in [7, 11) is 0. The molecule has 0 bridgehead atoms. The van der Waals surface area contributed by atoms with Crippen LogP contribution in [0.3, 0.4) is 0 Å². The molecule has 8 heteroatoms. The third-order valence-corrected chi connectivity index (χ3v) is 7.37. The average Bonchev–Trinajstić information content (AvgIpc) is 2.83. The average molecular weight is 544 g/mol. The molecule has 2 heterocycles. The Morgan fingerprint density at radius 2 is 1.88 bits per heavy atom. The van der Waals surface area contributed by atoms with Crippen molar-refractivity contribution in [3.63, 3.8) is 0 Å². The maximum absolute atomic E-state index is 12.8. The van der Waals surface area contributed by atoms with Crippen LogP contribution in [-0.4, -0.2) is 58.1 Å². The molecule has 3 aliphatic rings. The predicted octanol–water partition coefficient (Wildman–Crippen LogP) is 4.36. The quantitative estimate of drug-likeness (QED) is 0.372. The van der Waals surface area contributed by atoms with Crippen LogP contribution in [0.25, 0.3) is 0 Å². The first kappa shape index (κ1) is 24.9. The van der Waals surface area contributed by atoms with Gasteiger partial charge in [-0.25, -0.2) is 4.99 Å².